The van der Waals surface area contributed by atoms with Gasteiger partial charge in [-0.1, -0.05) is 110 Å². The van der Waals surface area contributed by atoms with Crippen LogP contribution in [0.3, 0.4) is 0 Å². The molecule has 0 saturated carbocycles. The summed E-state index contributed by atoms with van der Waals surface area (Å²) in [5, 5.41) is 4.83. The first-order chi connectivity index (χ1) is 21.2. The third-order valence-corrected chi connectivity index (χ3v) is 9.24. The van der Waals surface area contributed by atoms with E-state index in [0.29, 0.717) is 19.8 Å². The van der Waals surface area contributed by atoms with Crippen LogP contribution in [0.15, 0.2) is 115 Å². The van der Waals surface area contributed by atoms with E-state index in [9.17, 15) is 0 Å². The van der Waals surface area contributed by atoms with Gasteiger partial charge in [-0.25, -0.2) is 0 Å². The van der Waals surface area contributed by atoms with Crippen LogP contribution in [0.2, 0.25) is 0 Å². The molecule has 5 nitrogen and oxygen atoms in total. The summed E-state index contributed by atoms with van der Waals surface area (Å²) in [5.41, 5.74) is 2.99. The molecule has 6 heteroatoms. The first-order valence-electron chi connectivity index (χ1n) is 15.0. The van der Waals surface area contributed by atoms with Gasteiger partial charge in [-0.2, -0.15) is 0 Å². The standard InChI is InChI=1S/C37H36O5S/c1-2-43-37-35(39-23-26-17-19-28-11-7-9-15-31(28)21-26)34(38-22-25-16-18-27-10-6-8-14-30(27)20-25)33-32(41-37)24-40-36(42-33)29-12-4-3-5-13-29/h3-21,32-37H,2,22-24H2,1H3/t32-,33+,34+,35-,36?,37+/m1/s1. The fourth-order valence-electron chi connectivity index (χ4n) is 6.03. The summed E-state index contributed by atoms with van der Waals surface area (Å²) in [4.78, 5) is 0. The van der Waals surface area contributed by atoms with E-state index in [1.807, 2.05) is 30.3 Å². The molecule has 0 N–H and O–H groups in total. The third-order valence-electron chi connectivity index (χ3n) is 8.20. The number of ether oxygens (including phenoxy) is 5. The molecule has 2 aliphatic heterocycles. The molecule has 43 heavy (non-hydrogen) atoms. The van der Waals surface area contributed by atoms with Crippen LogP contribution in [0.5, 0.6) is 0 Å². The van der Waals surface area contributed by atoms with E-state index < -0.39 is 6.29 Å². The topological polar surface area (TPSA) is 46.2 Å². The van der Waals surface area contributed by atoms with Gasteiger partial charge in [-0.05, 0) is 50.6 Å². The highest BCUT2D eigenvalue weighted by molar-refractivity contribution is 7.99. The van der Waals surface area contributed by atoms with Gasteiger partial charge in [0.1, 0.15) is 29.9 Å². The van der Waals surface area contributed by atoms with Crippen LogP contribution >= 0.6 is 11.8 Å². The van der Waals surface area contributed by atoms with Gasteiger partial charge < -0.3 is 23.7 Å². The second-order valence-electron chi connectivity index (χ2n) is 11.1. The van der Waals surface area contributed by atoms with Gasteiger partial charge in [0, 0.05) is 5.56 Å². The molecule has 5 aromatic rings. The summed E-state index contributed by atoms with van der Waals surface area (Å²) in [5.74, 6) is 0.892. The Kier molecular flexibility index (Phi) is 8.75. The maximum atomic E-state index is 6.82. The lowest BCUT2D eigenvalue weighted by Crippen LogP contribution is -2.62. The molecule has 6 atom stereocenters. The molecule has 2 aliphatic rings. The Hall–Kier alpha value is -3.23. The molecule has 0 spiro atoms. The molecule has 0 amide bonds. The second kappa shape index (κ2) is 13.2. The van der Waals surface area contributed by atoms with Crippen molar-refractivity contribution < 1.29 is 23.7 Å². The number of rotatable bonds is 9. The number of thioether (sulfide) groups is 1. The van der Waals surface area contributed by atoms with Crippen molar-refractivity contribution in [2.75, 3.05) is 12.4 Å². The highest BCUT2D eigenvalue weighted by atomic mass is 32.2. The molecule has 2 fully saturated rings. The zero-order valence-corrected chi connectivity index (χ0v) is 25.0. The van der Waals surface area contributed by atoms with Gasteiger partial charge in [0.15, 0.2) is 6.29 Å². The van der Waals surface area contributed by atoms with Gasteiger partial charge in [0.05, 0.1) is 19.8 Å². The molecule has 0 aliphatic carbocycles. The number of benzene rings is 5. The Morgan fingerprint density at radius 2 is 1.23 bits per heavy atom. The van der Waals surface area contributed by atoms with E-state index in [-0.39, 0.29) is 29.9 Å². The predicted molar refractivity (Wildman–Crippen MR) is 172 cm³/mol. The highest BCUT2D eigenvalue weighted by Gasteiger charge is 2.51. The van der Waals surface area contributed by atoms with Gasteiger partial charge in [0.2, 0.25) is 0 Å². The highest BCUT2D eigenvalue weighted by Crippen LogP contribution is 2.40. The summed E-state index contributed by atoms with van der Waals surface area (Å²) in [6, 6.07) is 39.8. The minimum atomic E-state index is -0.491. The minimum Gasteiger partial charge on any atom is -0.368 e. The van der Waals surface area contributed by atoms with Crippen LogP contribution in [0.4, 0.5) is 0 Å². The van der Waals surface area contributed by atoms with Crippen LogP contribution in [0.1, 0.15) is 29.9 Å². The van der Waals surface area contributed by atoms with E-state index in [1.165, 1.54) is 21.5 Å². The lowest BCUT2D eigenvalue weighted by Gasteiger charge is -2.49. The molecule has 220 valence electrons. The molecule has 1 unspecified atom stereocenters. The first-order valence-corrected chi connectivity index (χ1v) is 16.1. The molecule has 2 saturated heterocycles. The quantitative estimate of drug-likeness (QED) is 0.173. The third kappa shape index (κ3) is 6.36. The largest absolute Gasteiger partial charge is 0.368 e. The van der Waals surface area contributed by atoms with E-state index in [1.54, 1.807) is 11.8 Å². The maximum absolute atomic E-state index is 6.82. The number of fused-ring (bicyclic) bond motifs is 3. The van der Waals surface area contributed by atoms with E-state index >= 15 is 0 Å². The summed E-state index contributed by atoms with van der Waals surface area (Å²) >= 11 is 1.74. The van der Waals surface area contributed by atoms with Crippen LogP contribution in [-0.4, -0.2) is 42.2 Å². The van der Waals surface area contributed by atoms with Crippen molar-refractivity contribution in [1.29, 1.82) is 0 Å². The molecule has 2 heterocycles. The zero-order chi connectivity index (χ0) is 29.0. The van der Waals surface area contributed by atoms with Crippen LogP contribution in [-0.2, 0) is 36.9 Å². The lowest BCUT2D eigenvalue weighted by atomic mass is 9.97. The molecular weight excluding hydrogens is 556 g/mol. The average Bonchev–Trinajstić information content (AvgIpc) is 3.06. The summed E-state index contributed by atoms with van der Waals surface area (Å²) < 4.78 is 33.0. The first kappa shape index (κ1) is 28.5. The van der Waals surface area contributed by atoms with Crippen molar-refractivity contribution >= 4 is 33.3 Å². The van der Waals surface area contributed by atoms with Gasteiger partial charge in [0.25, 0.3) is 0 Å². The number of hydrogen-bond acceptors (Lipinski definition) is 6. The van der Waals surface area contributed by atoms with Crippen LogP contribution in [0, 0.1) is 0 Å². The Labute approximate surface area is 257 Å². The monoisotopic (exact) mass is 592 g/mol. The average molecular weight is 593 g/mol. The predicted octanol–water partition coefficient (Wildman–Crippen LogP) is 8.06. The SMILES string of the molecule is CCS[C@@H]1O[C@@H]2COC(c3ccccc3)O[C@@H]2[C@H](OCc2ccc3ccccc3c2)[C@H]1OCc1ccc2ccccc2c1. The maximum Gasteiger partial charge on any atom is 0.184 e. The van der Waals surface area contributed by atoms with Crippen LogP contribution < -0.4 is 0 Å². The molecule has 0 bridgehead atoms. The molecule has 7 rings (SSSR count). The van der Waals surface area contributed by atoms with Crippen molar-refractivity contribution in [3.8, 4) is 0 Å². The van der Waals surface area contributed by atoms with Crippen molar-refractivity contribution in [2.45, 2.75) is 56.3 Å². The van der Waals surface area contributed by atoms with Gasteiger partial charge >= 0.3 is 0 Å². The Morgan fingerprint density at radius 3 is 1.86 bits per heavy atom. The zero-order valence-electron chi connectivity index (χ0n) is 24.2. The fourth-order valence-corrected chi connectivity index (χ4v) is 7.01. The molecular formula is C37H36O5S. The Balaban J connectivity index is 1.17. The summed E-state index contributed by atoms with van der Waals surface area (Å²) in [6.45, 7) is 3.47. The van der Waals surface area contributed by atoms with Crippen molar-refractivity contribution in [3.05, 3.63) is 132 Å². The van der Waals surface area contributed by atoms with E-state index in [4.69, 9.17) is 23.7 Å². The van der Waals surface area contributed by atoms with E-state index in [0.717, 1.165) is 22.4 Å². The molecule has 0 aromatic heterocycles. The van der Waals surface area contributed by atoms with E-state index in [2.05, 4.69) is 91.9 Å². The summed E-state index contributed by atoms with van der Waals surface area (Å²) in [6.07, 6.45) is -1.80. The van der Waals surface area contributed by atoms with Crippen molar-refractivity contribution in [3.63, 3.8) is 0 Å². The Bertz CT molecular complexity index is 1660. The smallest absolute Gasteiger partial charge is 0.184 e. The number of hydrogen-bond donors (Lipinski definition) is 0. The normalized spacial score (nSPS) is 25.5. The van der Waals surface area contributed by atoms with Crippen molar-refractivity contribution in [1.82, 2.24) is 0 Å². The van der Waals surface area contributed by atoms with Gasteiger partial charge in [-0.15, -0.1) is 11.8 Å². The summed E-state index contributed by atoms with van der Waals surface area (Å²) in [7, 11) is 0. The molecule has 0 radical (unpaired) electrons. The minimum absolute atomic E-state index is 0.214. The lowest BCUT2D eigenvalue weighted by molar-refractivity contribution is -0.329. The van der Waals surface area contributed by atoms with Crippen molar-refractivity contribution in [2.24, 2.45) is 0 Å². The fraction of sp³-hybridized carbons (Fsp3) is 0.297. The van der Waals surface area contributed by atoms with Gasteiger partial charge in [-0.3, -0.25) is 0 Å². The Morgan fingerprint density at radius 1 is 0.651 bits per heavy atom. The second-order valence-corrected chi connectivity index (χ2v) is 12.5. The van der Waals surface area contributed by atoms with Crippen LogP contribution in [0.25, 0.3) is 21.5 Å². The molecule has 5 aromatic carbocycles.